The lowest BCUT2D eigenvalue weighted by Gasteiger charge is -2.18. The van der Waals surface area contributed by atoms with Crippen molar-refractivity contribution in [1.82, 2.24) is 25.4 Å². The Kier molecular flexibility index (Phi) is 9.13. The Morgan fingerprint density at radius 3 is 2.54 bits per heavy atom. The van der Waals surface area contributed by atoms with Crippen LogP contribution in [-0.2, 0) is 18.3 Å². The largest absolute Gasteiger partial charge is 0.385 e. The Morgan fingerprint density at radius 1 is 1.25 bits per heavy atom. The number of guanidine groups is 1. The third-order valence-electron chi connectivity index (χ3n) is 3.31. The number of thioether (sulfide) groups is 1. The van der Waals surface area contributed by atoms with E-state index in [9.17, 15) is 0 Å². The van der Waals surface area contributed by atoms with Gasteiger partial charge in [-0.25, -0.2) is 4.99 Å². The van der Waals surface area contributed by atoms with Crippen molar-refractivity contribution in [3.05, 3.63) is 11.6 Å². The maximum Gasteiger partial charge on any atom is 0.191 e. The summed E-state index contributed by atoms with van der Waals surface area (Å²) in [7, 11) is 3.67. The maximum atomic E-state index is 5.08. The molecule has 0 radical (unpaired) electrons. The van der Waals surface area contributed by atoms with Crippen LogP contribution in [0.5, 0.6) is 0 Å². The van der Waals surface area contributed by atoms with Crippen LogP contribution in [0.3, 0.4) is 0 Å². The maximum absolute atomic E-state index is 5.08. The molecule has 0 fully saturated rings. The molecule has 0 bridgehead atoms. The van der Waals surface area contributed by atoms with Gasteiger partial charge < -0.3 is 19.9 Å². The zero-order chi connectivity index (χ0) is 18.0. The summed E-state index contributed by atoms with van der Waals surface area (Å²) in [6, 6.07) is 0. The SMILES string of the molecule is COCCCNC(=NCc1nnc(C)n1C)NCCSC(C)(C)C. The van der Waals surface area contributed by atoms with Gasteiger partial charge in [0.2, 0.25) is 0 Å². The zero-order valence-electron chi connectivity index (χ0n) is 15.8. The second-order valence-electron chi connectivity index (χ2n) is 6.55. The number of nitrogens with one attached hydrogen (secondary N) is 2. The first-order valence-electron chi connectivity index (χ1n) is 8.33. The van der Waals surface area contributed by atoms with Gasteiger partial charge in [-0.2, -0.15) is 11.8 Å². The summed E-state index contributed by atoms with van der Waals surface area (Å²) in [6.45, 7) is 11.6. The lowest BCUT2D eigenvalue weighted by molar-refractivity contribution is 0.195. The molecule has 0 spiro atoms. The summed E-state index contributed by atoms with van der Waals surface area (Å²) in [6.07, 6.45) is 0.941. The minimum absolute atomic E-state index is 0.279. The van der Waals surface area contributed by atoms with Crippen molar-refractivity contribution in [3.63, 3.8) is 0 Å². The molecular weight excluding hydrogens is 324 g/mol. The number of methoxy groups -OCH3 is 1. The predicted octanol–water partition coefficient (Wildman–Crippen LogP) is 1.73. The van der Waals surface area contributed by atoms with E-state index in [4.69, 9.17) is 4.74 Å². The van der Waals surface area contributed by atoms with Gasteiger partial charge >= 0.3 is 0 Å². The molecule has 1 heterocycles. The molecule has 0 aliphatic heterocycles. The third-order valence-corrected chi connectivity index (χ3v) is 4.58. The van der Waals surface area contributed by atoms with E-state index in [1.54, 1.807) is 7.11 Å². The lowest BCUT2D eigenvalue weighted by atomic mass is 10.3. The molecule has 24 heavy (non-hydrogen) atoms. The van der Waals surface area contributed by atoms with E-state index in [2.05, 4.69) is 46.6 Å². The van der Waals surface area contributed by atoms with Gasteiger partial charge in [0, 0.05) is 44.4 Å². The van der Waals surface area contributed by atoms with Crippen molar-refractivity contribution in [3.8, 4) is 0 Å². The van der Waals surface area contributed by atoms with E-state index < -0.39 is 0 Å². The topological polar surface area (TPSA) is 76.4 Å². The van der Waals surface area contributed by atoms with E-state index in [1.807, 2.05) is 30.3 Å². The van der Waals surface area contributed by atoms with Crippen LogP contribution >= 0.6 is 11.8 Å². The first kappa shape index (κ1) is 20.8. The second-order valence-corrected chi connectivity index (χ2v) is 8.47. The minimum atomic E-state index is 0.279. The standard InChI is InChI=1S/C16H32N6OS/c1-13-20-21-14(22(13)5)12-19-15(17-8-7-10-23-6)18-9-11-24-16(2,3)4/h7-12H2,1-6H3,(H2,17,18,19). The molecule has 8 heteroatoms. The average molecular weight is 357 g/mol. The predicted molar refractivity (Wildman–Crippen MR) is 102 cm³/mol. The van der Waals surface area contributed by atoms with Gasteiger partial charge in [-0.1, -0.05) is 20.8 Å². The van der Waals surface area contributed by atoms with Gasteiger partial charge in [0.15, 0.2) is 11.8 Å². The molecule has 0 saturated carbocycles. The molecule has 2 N–H and O–H groups in total. The van der Waals surface area contributed by atoms with Crippen molar-refractivity contribution in [2.24, 2.45) is 12.0 Å². The van der Waals surface area contributed by atoms with Gasteiger partial charge in [0.1, 0.15) is 12.4 Å². The number of hydrogen-bond donors (Lipinski definition) is 2. The highest BCUT2D eigenvalue weighted by Gasteiger charge is 2.10. The molecule has 0 aliphatic carbocycles. The van der Waals surface area contributed by atoms with Crippen LogP contribution in [0.2, 0.25) is 0 Å². The number of aryl methyl sites for hydroxylation is 1. The fourth-order valence-corrected chi connectivity index (χ4v) is 2.68. The van der Waals surface area contributed by atoms with Gasteiger partial charge in [0.05, 0.1) is 0 Å². The molecule has 1 rings (SSSR count). The summed E-state index contributed by atoms with van der Waals surface area (Å²) in [5, 5.41) is 14.9. The third kappa shape index (κ3) is 8.54. The normalized spacial score (nSPS) is 12.5. The van der Waals surface area contributed by atoms with Crippen LogP contribution in [0.4, 0.5) is 0 Å². The highest BCUT2D eigenvalue weighted by molar-refractivity contribution is 8.00. The second kappa shape index (κ2) is 10.6. The average Bonchev–Trinajstić information content (AvgIpc) is 2.83. The summed E-state index contributed by atoms with van der Waals surface area (Å²) < 4.78 is 7.32. The lowest BCUT2D eigenvalue weighted by Crippen LogP contribution is -2.39. The van der Waals surface area contributed by atoms with Crippen LogP contribution in [-0.4, -0.2) is 58.0 Å². The van der Waals surface area contributed by atoms with Crippen LogP contribution in [0.25, 0.3) is 0 Å². The summed E-state index contributed by atoms with van der Waals surface area (Å²) >= 11 is 1.94. The van der Waals surface area contributed by atoms with Gasteiger partial charge in [0.25, 0.3) is 0 Å². The highest BCUT2D eigenvalue weighted by atomic mass is 32.2. The van der Waals surface area contributed by atoms with Crippen LogP contribution in [0.15, 0.2) is 4.99 Å². The van der Waals surface area contributed by atoms with E-state index in [-0.39, 0.29) is 4.75 Å². The molecule has 1 aromatic rings. The van der Waals surface area contributed by atoms with Crippen molar-refractivity contribution >= 4 is 17.7 Å². The smallest absolute Gasteiger partial charge is 0.191 e. The van der Waals surface area contributed by atoms with Crippen molar-refractivity contribution < 1.29 is 4.74 Å². The fraction of sp³-hybridized carbons (Fsp3) is 0.812. The molecule has 1 aromatic heterocycles. The Labute approximate surface area is 150 Å². The van der Waals surface area contributed by atoms with Crippen molar-refractivity contribution in [2.75, 3.05) is 32.6 Å². The quantitative estimate of drug-likeness (QED) is 0.399. The van der Waals surface area contributed by atoms with Crippen molar-refractivity contribution in [2.45, 2.75) is 45.4 Å². The Balaban J connectivity index is 2.52. The van der Waals surface area contributed by atoms with Gasteiger partial charge in [-0.15, -0.1) is 10.2 Å². The van der Waals surface area contributed by atoms with Crippen LogP contribution in [0.1, 0.15) is 38.8 Å². The molecule has 138 valence electrons. The Hall–Kier alpha value is -1.28. The number of nitrogens with zero attached hydrogens (tertiary/aromatic N) is 4. The van der Waals surface area contributed by atoms with E-state index in [0.29, 0.717) is 6.54 Å². The minimum Gasteiger partial charge on any atom is -0.385 e. The molecule has 0 amide bonds. The molecule has 0 unspecified atom stereocenters. The highest BCUT2D eigenvalue weighted by Crippen LogP contribution is 2.21. The van der Waals surface area contributed by atoms with E-state index >= 15 is 0 Å². The number of hydrogen-bond acceptors (Lipinski definition) is 5. The van der Waals surface area contributed by atoms with E-state index in [1.165, 1.54) is 0 Å². The Morgan fingerprint density at radius 2 is 1.96 bits per heavy atom. The van der Waals surface area contributed by atoms with Crippen molar-refractivity contribution in [1.29, 1.82) is 0 Å². The molecule has 7 nitrogen and oxygen atoms in total. The molecule has 0 atom stereocenters. The monoisotopic (exact) mass is 356 g/mol. The van der Waals surface area contributed by atoms with Gasteiger partial charge in [-0.3, -0.25) is 0 Å². The number of aromatic nitrogens is 3. The molecule has 0 aromatic carbocycles. The molecule has 0 aliphatic rings. The number of aliphatic imine (C=N–C) groups is 1. The first-order valence-corrected chi connectivity index (χ1v) is 9.32. The fourth-order valence-electron chi connectivity index (χ4n) is 1.86. The molecular formula is C16H32N6OS. The Bertz CT molecular complexity index is 509. The van der Waals surface area contributed by atoms with Gasteiger partial charge in [-0.05, 0) is 13.3 Å². The summed E-state index contributed by atoms with van der Waals surface area (Å²) in [5.74, 6) is 3.59. The zero-order valence-corrected chi connectivity index (χ0v) is 16.7. The van der Waals surface area contributed by atoms with Crippen LogP contribution in [0, 0.1) is 6.92 Å². The number of ether oxygens (including phenoxy) is 1. The molecule has 0 saturated heterocycles. The van der Waals surface area contributed by atoms with E-state index in [0.717, 1.165) is 49.5 Å². The first-order chi connectivity index (χ1) is 11.3. The van der Waals surface area contributed by atoms with Crippen LogP contribution < -0.4 is 10.6 Å². The summed E-state index contributed by atoms with van der Waals surface area (Å²) in [5.41, 5.74) is 0. The number of rotatable bonds is 9. The summed E-state index contributed by atoms with van der Waals surface area (Å²) in [4.78, 5) is 4.62.